The van der Waals surface area contributed by atoms with Gasteiger partial charge in [0.15, 0.2) is 4.90 Å². The molecule has 1 rings (SSSR count). The van der Waals surface area contributed by atoms with Crippen molar-refractivity contribution in [3.8, 4) is 0 Å². The van der Waals surface area contributed by atoms with Crippen molar-refractivity contribution in [3.05, 3.63) is 36.8 Å². The summed E-state index contributed by atoms with van der Waals surface area (Å²) in [5.41, 5.74) is 0.879. The van der Waals surface area contributed by atoms with Gasteiger partial charge in [0, 0.05) is 5.56 Å². The fourth-order valence-corrected chi connectivity index (χ4v) is 2.20. The number of hydrogen-bond acceptors (Lipinski definition) is 1. The van der Waals surface area contributed by atoms with Gasteiger partial charge >= 0.3 is 0 Å². The van der Waals surface area contributed by atoms with Crippen molar-refractivity contribution in [2.75, 3.05) is 5.75 Å². The molecular formula is C10H13OS. The molecule has 0 spiro atoms. The van der Waals surface area contributed by atoms with Gasteiger partial charge < -0.3 is 4.55 Å². The lowest BCUT2D eigenvalue weighted by Crippen LogP contribution is -2.07. The molecule has 0 amide bonds. The molecule has 0 fully saturated rings. The highest BCUT2D eigenvalue weighted by Crippen LogP contribution is 2.16. The van der Waals surface area contributed by atoms with Crippen LogP contribution in [0.25, 0.3) is 0 Å². The molecule has 0 aliphatic carbocycles. The molecule has 0 aliphatic heterocycles. The summed E-state index contributed by atoms with van der Waals surface area (Å²) in [6, 6.07) is 7.59. The minimum absolute atomic E-state index is 0.729. The lowest BCUT2D eigenvalue weighted by atomic mass is 10.2. The van der Waals surface area contributed by atoms with Gasteiger partial charge in [0.2, 0.25) is 0 Å². The predicted molar refractivity (Wildman–Crippen MR) is 52.5 cm³/mol. The summed E-state index contributed by atoms with van der Waals surface area (Å²) in [7, 11) is 0. The fourth-order valence-electron chi connectivity index (χ4n) is 1.02. The minimum atomic E-state index is -0.858. The van der Waals surface area contributed by atoms with Crippen LogP contribution in [0.3, 0.4) is 0 Å². The third-order valence-electron chi connectivity index (χ3n) is 1.61. The zero-order valence-electron chi connectivity index (χ0n) is 7.25. The highest BCUT2D eigenvalue weighted by molar-refractivity contribution is 7.91. The second-order valence-electron chi connectivity index (χ2n) is 2.66. The molecule has 1 unspecified atom stereocenters. The first-order valence-electron chi connectivity index (χ1n) is 4.05. The molecule has 12 heavy (non-hydrogen) atoms. The average Bonchev–Trinajstić information content (AvgIpc) is 2.05. The summed E-state index contributed by atoms with van der Waals surface area (Å²) < 4.78 is 11.5. The van der Waals surface area contributed by atoms with Crippen LogP contribution >= 0.6 is 0 Å². The van der Waals surface area contributed by atoms with E-state index in [1.54, 1.807) is 0 Å². The van der Waals surface area contributed by atoms with Crippen molar-refractivity contribution in [1.29, 1.82) is 0 Å². The maximum atomic E-state index is 11.5. The molecule has 0 aromatic heterocycles. The van der Waals surface area contributed by atoms with Gasteiger partial charge in [-0.15, -0.1) is 0 Å². The van der Waals surface area contributed by atoms with Crippen molar-refractivity contribution in [3.63, 3.8) is 0 Å². The van der Waals surface area contributed by atoms with Gasteiger partial charge in [-0.05, 0) is 30.6 Å². The molecule has 1 aromatic rings. The van der Waals surface area contributed by atoms with Crippen LogP contribution in [0.15, 0.2) is 29.2 Å². The summed E-state index contributed by atoms with van der Waals surface area (Å²) in [6.07, 6.45) is 0.945. The van der Waals surface area contributed by atoms with Crippen molar-refractivity contribution in [2.45, 2.75) is 18.2 Å². The van der Waals surface area contributed by atoms with Gasteiger partial charge in [0.05, 0.1) is 0 Å². The first kappa shape index (κ1) is 9.62. The third-order valence-corrected chi connectivity index (χ3v) is 3.28. The molecule has 0 aliphatic rings. The monoisotopic (exact) mass is 181 g/mol. The minimum Gasteiger partial charge on any atom is -0.611 e. The van der Waals surface area contributed by atoms with E-state index in [9.17, 15) is 4.55 Å². The van der Waals surface area contributed by atoms with Crippen LogP contribution < -0.4 is 0 Å². The zero-order valence-corrected chi connectivity index (χ0v) is 8.06. The standard InChI is InChI=1S/C10H13OS/c1-3-8-12(11)10-7-5-4-6-9(10)2/h4-7H,2-3,8H2,1H3. The summed E-state index contributed by atoms with van der Waals surface area (Å²) in [6.45, 7) is 5.86. The Kier molecular flexibility index (Phi) is 3.63. The van der Waals surface area contributed by atoms with E-state index in [0.717, 1.165) is 22.6 Å². The zero-order chi connectivity index (χ0) is 8.97. The molecule has 0 bridgehead atoms. The van der Waals surface area contributed by atoms with Gasteiger partial charge in [-0.2, -0.15) is 0 Å². The highest BCUT2D eigenvalue weighted by atomic mass is 32.2. The van der Waals surface area contributed by atoms with Crippen molar-refractivity contribution < 1.29 is 4.55 Å². The molecule has 2 heteroatoms. The molecule has 0 heterocycles. The largest absolute Gasteiger partial charge is 0.611 e. The van der Waals surface area contributed by atoms with Gasteiger partial charge in [0.25, 0.3) is 0 Å². The Morgan fingerprint density at radius 3 is 2.67 bits per heavy atom. The lowest BCUT2D eigenvalue weighted by Gasteiger charge is -2.10. The van der Waals surface area contributed by atoms with E-state index in [0.29, 0.717) is 0 Å². The van der Waals surface area contributed by atoms with E-state index >= 15 is 0 Å². The number of hydrogen-bond donors (Lipinski definition) is 0. The van der Waals surface area contributed by atoms with Crippen molar-refractivity contribution in [1.82, 2.24) is 0 Å². The fraction of sp³-hybridized carbons (Fsp3) is 0.300. The highest BCUT2D eigenvalue weighted by Gasteiger charge is 2.10. The molecule has 0 saturated heterocycles. The predicted octanol–water partition coefficient (Wildman–Crippen LogP) is 2.39. The second kappa shape index (κ2) is 4.53. The summed E-state index contributed by atoms with van der Waals surface area (Å²) in [5.74, 6) is 0.729. The Hall–Kier alpha value is -0.470. The molecule has 1 aromatic carbocycles. The molecule has 65 valence electrons. The van der Waals surface area contributed by atoms with E-state index in [-0.39, 0.29) is 0 Å². The molecular weight excluding hydrogens is 168 g/mol. The maximum absolute atomic E-state index is 11.5. The van der Waals surface area contributed by atoms with E-state index in [4.69, 9.17) is 0 Å². The SMILES string of the molecule is [CH2]c1ccccc1[S+]([O-])CCC. The van der Waals surface area contributed by atoms with E-state index < -0.39 is 11.2 Å². The van der Waals surface area contributed by atoms with Crippen LogP contribution in [-0.2, 0) is 11.2 Å². The second-order valence-corrected chi connectivity index (χ2v) is 4.20. The van der Waals surface area contributed by atoms with Crippen molar-refractivity contribution >= 4 is 11.2 Å². The van der Waals surface area contributed by atoms with E-state index in [1.807, 2.05) is 31.2 Å². The van der Waals surface area contributed by atoms with Crippen molar-refractivity contribution in [2.24, 2.45) is 0 Å². The first-order chi connectivity index (χ1) is 5.75. The summed E-state index contributed by atoms with van der Waals surface area (Å²) in [5, 5.41) is 0. The molecule has 1 atom stereocenters. The molecule has 1 nitrogen and oxygen atoms in total. The van der Waals surface area contributed by atoms with Crippen LogP contribution in [0, 0.1) is 6.92 Å². The Balaban J connectivity index is 2.79. The molecule has 0 saturated carbocycles. The van der Waals surface area contributed by atoms with E-state index in [1.165, 1.54) is 0 Å². The average molecular weight is 181 g/mol. The van der Waals surface area contributed by atoms with Crippen LogP contribution in [0.2, 0.25) is 0 Å². The summed E-state index contributed by atoms with van der Waals surface area (Å²) >= 11 is -0.858. The Labute approximate surface area is 77.0 Å². The van der Waals surface area contributed by atoms with Gasteiger partial charge in [0.1, 0.15) is 5.75 Å². The Bertz CT molecular complexity index is 247. The third kappa shape index (κ3) is 2.26. The van der Waals surface area contributed by atoms with Crippen LogP contribution in [0.5, 0.6) is 0 Å². The Morgan fingerprint density at radius 1 is 1.42 bits per heavy atom. The lowest BCUT2D eigenvalue weighted by molar-refractivity contribution is 0.593. The molecule has 0 N–H and O–H groups in total. The van der Waals surface area contributed by atoms with Gasteiger partial charge in [-0.25, -0.2) is 0 Å². The normalized spacial score (nSPS) is 12.9. The number of benzene rings is 1. The van der Waals surface area contributed by atoms with Crippen LogP contribution in [-0.4, -0.2) is 10.3 Å². The maximum Gasteiger partial charge on any atom is 0.155 e. The quantitative estimate of drug-likeness (QED) is 0.657. The van der Waals surface area contributed by atoms with Crippen LogP contribution in [0.1, 0.15) is 18.9 Å². The van der Waals surface area contributed by atoms with Gasteiger partial charge in [-0.1, -0.05) is 25.1 Å². The summed E-state index contributed by atoms with van der Waals surface area (Å²) in [4.78, 5) is 0.874. The number of rotatable bonds is 3. The van der Waals surface area contributed by atoms with Gasteiger partial charge in [-0.3, -0.25) is 0 Å². The molecule has 1 radical (unpaired) electrons. The first-order valence-corrected chi connectivity index (χ1v) is 5.37. The smallest absolute Gasteiger partial charge is 0.155 e. The Morgan fingerprint density at radius 2 is 2.08 bits per heavy atom. The topological polar surface area (TPSA) is 23.1 Å². The van der Waals surface area contributed by atoms with E-state index in [2.05, 4.69) is 6.92 Å². The van der Waals surface area contributed by atoms with Crippen LogP contribution in [0.4, 0.5) is 0 Å².